The summed E-state index contributed by atoms with van der Waals surface area (Å²) in [5.74, 6) is -0.330. The van der Waals surface area contributed by atoms with Gasteiger partial charge < -0.3 is 14.5 Å². The van der Waals surface area contributed by atoms with E-state index in [1.807, 2.05) is 42.1 Å². The highest BCUT2D eigenvalue weighted by Gasteiger charge is 2.24. The Morgan fingerprint density at radius 1 is 1.23 bits per heavy atom. The van der Waals surface area contributed by atoms with Gasteiger partial charge in [-0.2, -0.15) is 17.0 Å². The van der Waals surface area contributed by atoms with Gasteiger partial charge in [0.1, 0.15) is 16.7 Å². The molecular weight excluding hydrogens is 432 g/mol. The normalized spacial score (nSPS) is 14.3. The third-order valence-electron chi connectivity index (χ3n) is 5.27. The molecule has 1 aromatic carbocycles. The molecule has 1 saturated carbocycles. The molecule has 3 aromatic rings. The summed E-state index contributed by atoms with van der Waals surface area (Å²) >= 11 is 3.10. The molecule has 0 saturated heterocycles. The smallest absolute Gasteiger partial charge is 0.375 e. The number of nitrogens with zero attached hydrogens (tertiary/aromatic N) is 1. The SMILES string of the molecule is N#Cc1ccsc1NC(=O)COC(=O)c1oc2ccccc2c1CSC1CCCCC1. The highest BCUT2D eigenvalue weighted by molar-refractivity contribution is 7.99. The second-order valence-corrected chi connectivity index (χ2v) is 9.58. The van der Waals surface area contributed by atoms with Crippen molar-refractivity contribution < 1.29 is 18.7 Å². The van der Waals surface area contributed by atoms with Gasteiger partial charge in [0.25, 0.3) is 5.91 Å². The van der Waals surface area contributed by atoms with Gasteiger partial charge in [0.15, 0.2) is 6.61 Å². The Bertz CT molecular complexity index is 1120. The van der Waals surface area contributed by atoms with E-state index in [1.165, 1.54) is 43.4 Å². The van der Waals surface area contributed by atoms with E-state index >= 15 is 0 Å². The molecule has 1 amide bonds. The van der Waals surface area contributed by atoms with Gasteiger partial charge in [-0.05, 0) is 30.4 Å². The van der Waals surface area contributed by atoms with E-state index in [0.717, 1.165) is 10.9 Å². The van der Waals surface area contributed by atoms with Gasteiger partial charge in [-0.25, -0.2) is 4.79 Å². The van der Waals surface area contributed by atoms with E-state index in [0.29, 0.717) is 27.2 Å². The van der Waals surface area contributed by atoms with Crippen LogP contribution in [0.15, 0.2) is 40.1 Å². The number of hydrogen-bond donors (Lipinski definition) is 1. The molecule has 0 atom stereocenters. The number of nitriles is 1. The summed E-state index contributed by atoms with van der Waals surface area (Å²) < 4.78 is 11.1. The summed E-state index contributed by atoms with van der Waals surface area (Å²) in [4.78, 5) is 24.9. The van der Waals surface area contributed by atoms with Gasteiger partial charge in [0.05, 0.1) is 5.56 Å². The minimum atomic E-state index is -0.655. The van der Waals surface area contributed by atoms with Crippen molar-refractivity contribution in [2.24, 2.45) is 0 Å². The zero-order valence-corrected chi connectivity index (χ0v) is 18.5. The lowest BCUT2D eigenvalue weighted by Crippen LogP contribution is -2.21. The van der Waals surface area contributed by atoms with Crippen LogP contribution < -0.4 is 5.32 Å². The number of furan rings is 1. The summed E-state index contributed by atoms with van der Waals surface area (Å²) in [6.07, 6.45) is 6.21. The monoisotopic (exact) mass is 454 g/mol. The minimum Gasteiger partial charge on any atom is -0.450 e. The van der Waals surface area contributed by atoms with Crippen molar-refractivity contribution in [3.05, 3.63) is 52.6 Å². The number of carbonyl (C=O) groups is 2. The predicted octanol–water partition coefficient (Wildman–Crippen LogP) is 5.73. The zero-order valence-electron chi connectivity index (χ0n) is 16.9. The molecule has 2 aromatic heterocycles. The third kappa shape index (κ3) is 5.12. The lowest BCUT2D eigenvalue weighted by atomic mass is 10.0. The van der Waals surface area contributed by atoms with Gasteiger partial charge >= 0.3 is 5.97 Å². The van der Waals surface area contributed by atoms with Crippen molar-refractivity contribution in [2.45, 2.75) is 43.1 Å². The Balaban J connectivity index is 1.44. The number of thioether (sulfide) groups is 1. The number of hydrogen-bond acceptors (Lipinski definition) is 7. The Labute approximate surface area is 188 Å². The number of thiophene rings is 1. The van der Waals surface area contributed by atoms with Crippen molar-refractivity contribution in [3.63, 3.8) is 0 Å². The van der Waals surface area contributed by atoms with E-state index in [1.54, 1.807) is 11.4 Å². The number of anilines is 1. The van der Waals surface area contributed by atoms with Gasteiger partial charge in [0.2, 0.25) is 5.76 Å². The lowest BCUT2D eigenvalue weighted by molar-refractivity contribution is -0.119. The van der Waals surface area contributed by atoms with E-state index in [4.69, 9.17) is 14.4 Å². The number of para-hydroxylation sites is 1. The Morgan fingerprint density at radius 3 is 2.84 bits per heavy atom. The number of nitrogens with one attached hydrogen (secondary N) is 1. The van der Waals surface area contributed by atoms with Crippen molar-refractivity contribution in [3.8, 4) is 6.07 Å². The van der Waals surface area contributed by atoms with Crippen molar-refractivity contribution in [2.75, 3.05) is 11.9 Å². The molecule has 0 spiro atoms. The molecule has 1 fully saturated rings. The molecule has 4 rings (SSSR count). The summed E-state index contributed by atoms with van der Waals surface area (Å²) in [6, 6.07) is 11.2. The van der Waals surface area contributed by atoms with Gasteiger partial charge in [-0.1, -0.05) is 37.5 Å². The molecule has 0 bridgehead atoms. The average Bonchev–Trinajstić information content (AvgIpc) is 3.40. The first-order valence-electron chi connectivity index (χ1n) is 10.2. The molecule has 0 aliphatic heterocycles. The lowest BCUT2D eigenvalue weighted by Gasteiger charge is -2.20. The van der Waals surface area contributed by atoms with Crippen LogP contribution in [-0.2, 0) is 15.3 Å². The van der Waals surface area contributed by atoms with Crippen molar-refractivity contribution in [1.29, 1.82) is 5.26 Å². The van der Waals surface area contributed by atoms with E-state index in [-0.39, 0.29) is 5.76 Å². The number of amides is 1. The quantitative estimate of drug-likeness (QED) is 0.459. The van der Waals surface area contributed by atoms with Gasteiger partial charge in [0, 0.05) is 22.0 Å². The van der Waals surface area contributed by atoms with Crippen LogP contribution in [0, 0.1) is 11.3 Å². The predicted molar refractivity (Wildman–Crippen MR) is 122 cm³/mol. The average molecular weight is 455 g/mol. The largest absolute Gasteiger partial charge is 0.450 e. The highest BCUT2D eigenvalue weighted by Crippen LogP contribution is 2.35. The molecule has 31 heavy (non-hydrogen) atoms. The van der Waals surface area contributed by atoms with Gasteiger partial charge in [-0.15, -0.1) is 11.3 Å². The maximum atomic E-state index is 12.8. The van der Waals surface area contributed by atoms with Crippen LogP contribution in [0.3, 0.4) is 0 Å². The number of esters is 1. The molecule has 1 N–H and O–H groups in total. The molecule has 6 nitrogen and oxygen atoms in total. The van der Waals surface area contributed by atoms with Crippen LogP contribution in [0.4, 0.5) is 5.00 Å². The molecule has 2 heterocycles. The minimum absolute atomic E-state index is 0.158. The molecule has 8 heteroatoms. The maximum Gasteiger partial charge on any atom is 0.375 e. The van der Waals surface area contributed by atoms with Crippen LogP contribution in [0.2, 0.25) is 0 Å². The summed E-state index contributed by atoms with van der Waals surface area (Å²) in [5, 5.41) is 15.3. The van der Waals surface area contributed by atoms with Crippen molar-refractivity contribution in [1.82, 2.24) is 0 Å². The number of ether oxygens (including phenoxy) is 1. The Kier molecular flexibility index (Phi) is 6.95. The van der Waals surface area contributed by atoms with Gasteiger partial charge in [-0.3, -0.25) is 4.79 Å². The fourth-order valence-corrected chi connectivity index (χ4v) is 5.80. The van der Waals surface area contributed by atoms with Crippen LogP contribution in [0.25, 0.3) is 11.0 Å². The summed E-state index contributed by atoms with van der Waals surface area (Å²) in [7, 11) is 0. The number of rotatable bonds is 7. The number of benzene rings is 1. The van der Waals surface area contributed by atoms with Crippen LogP contribution >= 0.6 is 23.1 Å². The second kappa shape index (κ2) is 10.0. The van der Waals surface area contributed by atoms with Crippen LogP contribution in [0.1, 0.15) is 53.8 Å². The van der Waals surface area contributed by atoms with Crippen molar-refractivity contribution >= 4 is 50.9 Å². The van der Waals surface area contributed by atoms with E-state index in [9.17, 15) is 9.59 Å². The summed E-state index contributed by atoms with van der Waals surface area (Å²) in [5.41, 5.74) is 1.83. The molecule has 160 valence electrons. The third-order valence-corrected chi connectivity index (χ3v) is 7.50. The topological polar surface area (TPSA) is 92.3 Å². The molecule has 0 unspecified atom stereocenters. The first kappa shape index (κ1) is 21.5. The van der Waals surface area contributed by atoms with E-state index < -0.39 is 18.5 Å². The van der Waals surface area contributed by atoms with Crippen LogP contribution in [-0.4, -0.2) is 23.7 Å². The molecule has 1 aliphatic carbocycles. The number of fused-ring (bicyclic) bond motifs is 1. The Morgan fingerprint density at radius 2 is 2.03 bits per heavy atom. The standard InChI is InChI=1S/C23H22N2O4S2/c24-12-15-10-11-30-22(15)25-20(26)13-28-23(27)21-18(14-31-16-6-2-1-3-7-16)17-8-4-5-9-19(17)29-21/h4-5,8-11,16H,1-3,6-7,13-14H2,(H,25,26). The van der Waals surface area contributed by atoms with E-state index in [2.05, 4.69) is 5.32 Å². The highest BCUT2D eigenvalue weighted by atomic mass is 32.2. The fraction of sp³-hybridized carbons (Fsp3) is 0.348. The second-order valence-electron chi connectivity index (χ2n) is 7.38. The number of carbonyl (C=O) groups excluding carboxylic acids is 2. The Hall–Kier alpha value is -2.76. The molecular formula is C23H22N2O4S2. The molecule has 1 aliphatic rings. The maximum absolute atomic E-state index is 12.8. The summed E-state index contributed by atoms with van der Waals surface area (Å²) in [6.45, 7) is -0.451. The molecule has 0 radical (unpaired) electrons. The fourth-order valence-electron chi connectivity index (χ4n) is 3.69. The zero-order chi connectivity index (χ0) is 21.6. The first-order valence-corrected chi connectivity index (χ1v) is 12.1. The van der Waals surface area contributed by atoms with Crippen LogP contribution in [0.5, 0.6) is 0 Å². The first-order chi connectivity index (χ1) is 15.2.